The summed E-state index contributed by atoms with van der Waals surface area (Å²) in [7, 11) is -3.84. The molecule has 0 spiro atoms. The standard InChI is InChI=1S/C27H26Br2FN3O4S/c28-21-7-12-24(29)25(15-21)38(36,37)32-23-10-5-20(6-11-23)27(35)33-13-1-2-19(17-33)14-26(34)31-16-18-3-8-22(30)9-4-18/h3-12,15,19,32H,1-2,13-14,16-17H2,(H,31,34). The van der Waals surface area contributed by atoms with E-state index in [1.165, 1.54) is 18.2 Å². The maximum Gasteiger partial charge on any atom is 0.263 e. The highest BCUT2D eigenvalue weighted by atomic mass is 79.9. The zero-order chi connectivity index (χ0) is 27.3. The summed E-state index contributed by atoms with van der Waals surface area (Å²) in [5.41, 5.74) is 1.59. The first kappa shape index (κ1) is 28.3. The van der Waals surface area contributed by atoms with Gasteiger partial charge in [0.25, 0.3) is 15.9 Å². The van der Waals surface area contributed by atoms with Crippen molar-refractivity contribution >= 4 is 59.4 Å². The van der Waals surface area contributed by atoms with Crippen molar-refractivity contribution in [2.45, 2.75) is 30.7 Å². The van der Waals surface area contributed by atoms with E-state index in [0.717, 1.165) is 18.4 Å². The fourth-order valence-electron chi connectivity index (χ4n) is 4.31. The Balaban J connectivity index is 1.32. The van der Waals surface area contributed by atoms with Gasteiger partial charge in [0.05, 0.1) is 0 Å². The Morgan fingerprint density at radius 1 is 1.00 bits per heavy atom. The molecule has 3 aromatic carbocycles. The molecule has 1 aliphatic rings. The van der Waals surface area contributed by atoms with Crippen LogP contribution in [0.1, 0.15) is 35.2 Å². The van der Waals surface area contributed by atoms with Crippen molar-refractivity contribution in [3.8, 4) is 0 Å². The number of anilines is 1. The van der Waals surface area contributed by atoms with Gasteiger partial charge in [-0.1, -0.05) is 28.1 Å². The van der Waals surface area contributed by atoms with Crippen molar-refractivity contribution in [3.63, 3.8) is 0 Å². The van der Waals surface area contributed by atoms with E-state index in [0.29, 0.717) is 46.3 Å². The minimum absolute atomic E-state index is 0.0376. The number of carbonyl (C=O) groups excluding carboxylic acids is 2. The van der Waals surface area contributed by atoms with E-state index < -0.39 is 10.0 Å². The number of nitrogens with one attached hydrogen (secondary N) is 2. The summed E-state index contributed by atoms with van der Waals surface area (Å²) in [6.45, 7) is 1.38. The van der Waals surface area contributed by atoms with Gasteiger partial charge < -0.3 is 10.2 Å². The number of nitrogens with zero attached hydrogens (tertiary/aromatic N) is 1. The number of likely N-dealkylation sites (tertiary alicyclic amines) is 1. The van der Waals surface area contributed by atoms with Gasteiger partial charge in [-0.25, -0.2) is 12.8 Å². The van der Waals surface area contributed by atoms with Crippen LogP contribution in [0, 0.1) is 11.7 Å². The summed E-state index contributed by atoms with van der Waals surface area (Å²) >= 11 is 6.55. The van der Waals surface area contributed by atoms with E-state index in [2.05, 4.69) is 41.9 Å². The molecule has 2 N–H and O–H groups in total. The van der Waals surface area contributed by atoms with Crippen LogP contribution in [-0.2, 0) is 21.4 Å². The second-order valence-corrected chi connectivity index (χ2v) is 12.5. The predicted molar refractivity (Wildman–Crippen MR) is 151 cm³/mol. The van der Waals surface area contributed by atoms with Crippen molar-refractivity contribution in [1.29, 1.82) is 0 Å². The molecule has 11 heteroatoms. The van der Waals surface area contributed by atoms with Crippen molar-refractivity contribution in [2.75, 3.05) is 17.8 Å². The number of benzene rings is 3. The smallest absolute Gasteiger partial charge is 0.263 e. The van der Waals surface area contributed by atoms with Gasteiger partial charge in [0.2, 0.25) is 5.91 Å². The van der Waals surface area contributed by atoms with Crippen LogP contribution in [0.3, 0.4) is 0 Å². The molecule has 0 aromatic heterocycles. The molecule has 0 radical (unpaired) electrons. The number of amides is 2. The molecule has 7 nitrogen and oxygen atoms in total. The SMILES string of the molecule is O=C(CC1CCCN(C(=O)c2ccc(NS(=O)(=O)c3cc(Br)ccc3Br)cc2)C1)NCc1ccc(F)cc1. The monoisotopic (exact) mass is 665 g/mol. The zero-order valence-corrected chi connectivity index (χ0v) is 24.3. The number of rotatable bonds is 8. The average molecular weight is 667 g/mol. The molecule has 1 fully saturated rings. The Labute approximate surface area is 238 Å². The van der Waals surface area contributed by atoms with Crippen molar-refractivity contribution < 1.29 is 22.4 Å². The normalized spacial score (nSPS) is 15.7. The summed E-state index contributed by atoms with van der Waals surface area (Å²) in [6, 6.07) is 17.1. The average Bonchev–Trinajstić information content (AvgIpc) is 2.89. The summed E-state index contributed by atoms with van der Waals surface area (Å²) < 4.78 is 42.3. The van der Waals surface area contributed by atoms with E-state index in [1.807, 2.05) is 0 Å². The molecular weight excluding hydrogens is 641 g/mol. The Morgan fingerprint density at radius 3 is 2.42 bits per heavy atom. The molecule has 1 aliphatic heterocycles. The minimum Gasteiger partial charge on any atom is -0.352 e. The Bertz CT molecular complexity index is 1420. The topological polar surface area (TPSA) is 95.6 Å². The number of sulfonamides is 1. The number of carbonyl (C=O) groups is 2. The van der Waals surface area contributed by atoms with Gasteiger partial charge in [-0.2, -0.15) is 0 Å². The lowest BCUT2D eigenvalue weighted by molar-refractivity contribution is -0.122. The van der Waals surface area contributed by atoms with E-state index >= 15 is 0 Å². The predicted octanol–water partition coefficient (Wildman–Crippen LogP) is 5.71. The van der Waals surface area contributed by atoms with Crippen LogP contribution in [0.25, 0.3) is 0 Å². The second-order valence-electron chi connectivity index (χ2n) is 9.12. The van der Waals surface area contributed by atoms with Gasteiger partial charge in [-0.05, 0) is 94.9 Å². The number of hydrogen-bond donors (Lipinski definition) is 2. The Hall–Kier alpha value is -2.76. The molecule has 0 bridgehead atoms. The third-order valence-electron chi connectivity index (χ3n) is 6.25. The van der Waals surface area contributed by atoms with Crippen molar-refractivity contribution in [2.24, 2.45) is 5.92 Å². The summed E-state index contributed by atoms with van der Waals surface area (Å²) in [5.74, 6) is -0.555. The zero-order valence-electron chi connectivity index (χ0n) is 20.3. The van der Waals surface area contributed by atoms with Crippen molar-refractivity contribution in [3.05, 3.63) is 92.6 Å². The molecular formula is C27H26Br2FN3O4S. The van der Waals surface area contributed by atoms with Crippen LogP contribution in [-0.4, -0.2) is 38.2 Å². The number of hydrogen-bond acceptors (Lipinski definition) is 4. The van der Waals surface area contributed by atoms with Gasteiger partial charge in [0.1, 0.15) is 10.7 Å². The van der Waals surface area contributed by atoms with Crippen LogP contribution < -0.4 is 10.0 Å². The fraction of sp³-hybridized carbons (Fsp3) is 0.259. The lowest BCUT2D eigenvalue weighted by Crippen LogP contribution is -2.41. The Kier molecular flexibility index (Phi) is 9.22. The molecule has 2 amide bonds. The molecule has 4 rings (SSSR count). The van der Waals surface area contributed by atoms with Crippen LogP contribution in [0.2, 0.25) is 0 Å². The number of halogens is 3. The minimum atomic E-state index is -3.84. The van der Waals surface area contributed by atoms with E-state index in [4.69, 9.17) is 0 Å². The summed E-state index contributed by atoms with van der Waals surface area (Å²) in [5, 5.41) is 2.86. The van der Waals surface area contributed by atoms with Crippen molar-refractivity contribution in [1.82, 2.24) is 10.2 Å². The largest absolute Gasteiger partial charge is 0.352 e. The van der Waals surface area contributed by atoms with Gasteiger partial charge in [-0.3, -0.25) is 14.3 Å². The quantitative estimate of drug-likeness (QED) is 0.322. The third kappa shape index (κ3) is 7.42. The van der Waals surface area contributed by atoms with Gasteiger partial charge in [0.15, 0.2) is 0 Å². The van der Waals surface area contributed by atoms with E-state index in [9.17, 15) is 22.4 Å². The molecule has 0 aliphatic carbocycles. The van der Waals surface area contributed by atoms with Crippen LogP contribution in [0.15, 0.2) is 80.6 Å². The van der Waals surface area contributed by atoms with Crippen LogP contribution >= 0.6 is 31.9 Å². The first-order chi connectivity index (χ1) is 18.1. The maximum absolute atomic E-state index is 13.1. The molecule has 1 atom stereocenters. The first-order valence-corrected chi connectivity index (χ1v) is 15.1. The molecule has 3 aromatic rings. The maximum atomic E-state index is 13.1. The van der Waals surface area contributed by atoms with Crippen LogP contribution in [0.5, 0.6) is 0 Å². The Morgan fingerprint density at radius 2 is 1.71 bits per heavy atom. The first-order valence-electron chi connectivity index (χ1n) is 12.0. The fourth-order valence-corrected chi connectivity index (χ4v) is 6.87. The number of piperidine rings is 1. The highest BCUT2D eigenvalue weighted by Gasteiger charge is 2.26. The lowest BCUT2D eigenvalue weighted by Gasteiger charge is -2.32. The molecule has 1 unspecified atom stereocenters. The van der Waals surface area contributed by atoms with Gasteiger partial charge >= 0.3 is 0 Å². The lowest BCUT2D eigenvalue weighted by atomic mass is 9.94. The summed E-state index contributed by atoms with van der Waals surface area (Å²) in [6.07, 6.45) is 1.94. The van der Waals surface area contributed by atoms with Crippen LogP contribution in [0.4, 0.5) is 10.1 Å². The van der Waals surface area contributed by atoms with E-state index in [-0.39, 0.29) is 28.4 Å². The molecule has 1 heterocycles. The molecule has 1 saturated heterocycles. The highest BCUT2D eigenvalue weighted by Crippen LogP contribution is 2.28. The molecule has 0 saturated carbocycles. The van der Waals surface area contributed by atoms with E-state index in [1.54, 1.807) is 53.4 Å². The van der Waals surface area contributed by atoms with Gasteiger partial charge in [-0.15, -0.1) is 0 Å². The van der Waals surface area contributed by atoms with Gasteiger partial charge in [0, 0.05) is 46.3 Å². The summed E-state index contributed by atoms with van der Waals surface area (Å²) in [4.78, 5) is 27.4. The molecule has 200 valence electrons. The third-order valence-corrected chi connectivity index (χ3v) is 9.12. The second kappa shape index (κ2) is 12.4. The molecule has 38 heavy (non-hydrogen) atoms. The highest BCUT2D eigenvalue weighted by molar-refractivity contribution is 9.11.